The van der Waals surface area contributed by atoms with Crippen LogP contribution in [0, 0.1) is 0 Å². The van der Waals surface area contributed by atoms with E-state index in [0.717, 1.165) is 29.6 Å². The van der Waals surface area contributed by atoms with Crippen molar-refractivity contribution in [2.24, 2.45) is 5.73 Å². The van der Waals surface area contributed by atoms with Crippen molar-refractivity contribution < 1.29 is 13.2 Å². The lowest BCUT2D eigenvalue weighted by atomic mass is 10.3. The van der Waals surface area contributed by atoms with Crippen molar-refractivity contribution in [2.75, 3.05) is 0 Å². The van der Waals surface area contributed by atoms with Crippen LogP contribution in [0.4, 0.5) is 13.2 Å². The van der Waals surface area contributed by atoms with Crippen LogP contribution in [-0.2, 0) is 12.7 Å². The molecule has 0 aliphatic heterocycles. The van der Waals surface area contributed by atoms with E-state index in [1.54, 1.807) is 12.3 Å². The van der Waals surface area contributed by atoms with Crippen LogP contribution in [0.25, 0.3) is 0 Å². The van der Waals surface area contributed by atoms with E-state index in [0.29, 0.717) is 15.1 Å². The first-order valence-corrected chi connectivity index (χ1v) is 6.66. The molecule has 2 heterocycles. The average Bonchev–Trinajstić information content (AvgIpc) is 2.41. The molecule has 20 heavy (non-hydrogen) atoms. The average molecular weight is 320 g/mol. The summed E-state index contributed by atoms with van der Waals surface area (Å²) in [5.74, 6) is 0. The fourth-order valence-electron chi connectivity index (χ4n) is 1.40. The Morgan fingerprint density at radius 3 is 2.50 bits per heavy atom. The Balaban J connectivity index is 2.23. The molecule has 3 nitrogen and oxygen atoms in total. The van der Waals surface area contributed by atoms with E-state index in [1.807, 2.05) is 0 Å². The fourth-order valence-corrected chi connectivity index (χ4v) is 2.48. The first-order valence-electron chi connectivity index (χ1n) is 5.46. The van der Waals surface area contributed by atoms with E-state index < -0.39 is 11.7 Å². The van der Waals surface area contributed by atoms with Gasteiger partial charge in [0.25, 0.3) is 0 Å². The van der Waals surface area contributed by atoms with E-state index in [-0.39, 0.29) is 6.54 Å². The maximum atomic E-state index is 12.4. The number of hydrogen-bond acceptors (Lipinski definition) is 4. The van der Waals surface area contributed by atoms with Gasteiger partial charge in [-0.05, 0) is 35.5 Å². The molecular formula is C12H9ClF3N3S. The predicted octanol–water partition coefficient (Wildman–Crippen LogP) is 3.76. The number of hydrogen-bond donors (Lipinski definition) is 1. The smallest absolute Gasteiger partial charge is 0.326 e. The minimum atomic E-state index is -4.40. The van der Waals surface area contributed by atoms with Gasteiger partial charge in [-0.15, -0.1) is 0 Å². The van der Waals surface area contributed by atoms with Gasteiger partial charge in [0.15, 0.2) is 0 Å². The molecule has 2 rings (SSSR count). The van der Waals surface area contributed by atoms with Gasteiger partial charge in [-0.25, -0.2) is 9.97 Å². The van der Waals surface area contributed by atoms with Crippen LogP contribution < -0.4 is 5.73 Å². The van der Waals surface area contributed by atoms with Crippen LogP contribution in [0.3, 0.4) is 0 Å². The summed E-state index contributed by atoms with van der Waals surface area (Å²) >= 11 is 7.18. The fraction of sp³-hybridized carbons (Fsp3) is 0.167. The second-order valence-electron chi connectivity index (χ2n) is 3.78. The Hall–Kier alpha value is -1.31. The van der Waals surface area contributed by atoms with Gasteiger partial charge in [0.05, 0.1) is 10.6 Å². The molecule has 2 N–H and O–H groups in total. The third-order valence-electron chi connectivity index (χ3n) is 2.42. The zero-order valence-corrected chi connectivity index (χ0v) is 11.6. The lowest BCUT2D eigenvalue weighted by molar-refractivity contribution is -0.137. The minimum Gasteiger partial charge on any atom is -0.326 e. The molecule has 0 spiro atoms. The Kier molecular flexibility index (Phi) is 4.52. The predicted molar refractivity (Wildman–Crippen MR) is 70.5 cm³/mol. The van der Waals surface area contributed by atoms with Crippen molar-refractivity contribution in [2.45, 2.75) is 22.8 Å². The number of aromatic nitrogens is 2. The topological polar surface area (TPSA) is 51.8 Å². The van der Waals surface area contributed by atoms with Gasteiger partial charge in [0.2, 0.25) is 0 Å². The van der Waals surface area contributed by atoms with Gasteiger partial charge in [0, 0.05) is 18.9 Å². The molecule has 0 saturated carbocycles. The standard InChI is InChI=1S/C12H9ClF3N3S/c13-10-7(5-17)3-4-18-11(10)20-9-2-1-8(6-19-9)12(14,15)16/h1-4,6H,5,17H2. The van der Waals surface area contributed by atoms with Gasteiger partial charge in [-0.1, -0.05) is 11.6 Å². The van der Waals surface area contributed by atoms with Crippen molar-refractivity contribution >= 4 is 23.4 Å². The van der Waals surface area contributed by atoms with E-state index >= 15 is 0 Å². The molecular weight excluding hydrogens is 311 g/mol. The number of nitrogens with two attached hydrogens (primary N) is 1. The summed E-state index contributed by atoms with van der Waals surface area (Å²) in [5.41, 5.74) is 5.44. The van der Waals surface area contributed by atoms with Crippen LogP contribution in [0.2, 0.25) is 5.02 Å². The number of alkyl halides is 3. The highest BCUT2D eigenvalue weighted by Gasteiger charge is 2.30. The number of rotatable bonds is 3. The SMILES string of the molecule is NCc1ccnc(Sc2ccc(C(F)(F)F)cn2)c1Cl. The zero-order chi connectivity index (χ0) is 14.8. The number of nitrogens with zero attached hydrogens (tertiary/aromatic N) is 2. The maximum Gasteiger partial charge on any atom is 0.417 e. The third kappa shape index (κ3) is 3.41. The normalized spacial score (nSPS) is 11.7. The summed E-state index contributed by atoms with van der Waals surface area (Å²) in [6, 6.07) is 3.93. The van der Waals surface area contributed by atoms with Gasteiger partial charge in [-0.2, -0.15) is 13.2 Å². The summed E-state index contributed by atoms with van der Waals surface area (Å²) < 4.78 is 37.2. The molecule has 0 unspecified atom stereocenters. The summed E-state index contributed by atoms with van der Waals surface area (Å²) in [4.78, 5) is 7.82. The third-order valence-corrected chi connectivity index (χ3v) is 3.91. The minimum absolute atomic E-state index is 0.259. The quantitative estimate of drug-likeness (QED) is 0.936. The molecule has 0 saturated heterocycles. The molecule has 0 amide bonds. The highest BCUT2D eigenvalue weighted by Crippen LogP contribution is 2.34. The monoisotopic (exact) mass is 319 g/mol. The Bertz CT molecular complexity index is 602. The van der Waals surface area contributed by atoms with Crippen molar-refractivity contribution in [1.29, 1.82) is 0 Å². The lowest BCUT2D eigenvalue weighted by Gasteiger charge is -2.08. The largest absolute Gasteiger partial charge is 0.417 e. The Morgan fingerprint density at radius 1 is 1.20 bits per heavy atom. The molecule has 0 aliphatic carbocycles. The van der Waals surface area contributed by atoms with Crippen LogP contribution in [0.5, 0.6) is 0 Å². The summed E-state index contributed by atoms with van der Waals surface area (Å²) in [6.45, 7) is 0.259. The molecule has 0 atom stereocenters. The summed E-state index contributed by atoms with van der Waals surface area (Å²) in [5, 5.41) is 1.23. The van der Waals surface area contributed by atoms with E-state index in [2.05, 4.69) is 9.97 Å². The van der Waals surface area contributed by atoms with Crippen LogP contribution in [0.1, 0.15) is 11.1 Å². The van der Waals surface area contributed by atoms with Gasteiger partial charge in [0.1, 0.15) is 10.1 Å². The summed E-state index contributed by atoms with van der Waals surface area (Å²) in [7, 11) is 0. The van der Waals surface area contributed by atoms with Crippen LogP contribution in [0.15, 0.2) is 40.6 Å². The Labute approximate surface area is 122 Å². The molecule has 0 aromatic carbocycles. The maximum absolute atomic E-state index is 12.4. The number of halogens is 4. The second-order valence-corrected chi connectivity index (χ2v) is 5.17. The molecule has 0 aliphatic rings. The van der Waals surface area contributed by atoms with E-state index in [1.165, 1.54) is 6.07 Å². The van der Waals surface area contributed by atoms with Crippen molar-refractivity contribution in [3.63, 3.8) is 0 Å². The molecule has 0 radical (unpaired) electrons. The molecule has 0 fully saturated rings. The number of pyridine rings is 2. The van der Waals surface area contributed by atoms with Gasteiger partial charge in [-0.3, -0.25) is 0 Å². The van der Waals surface area contributed by atoms with Crippen molar-refractivity contribution in [1.82, 2.24) is 9.97 Å². The van der Waals surface area contributed by atoms with Crippen LogP contribution in [-0.4, -0.2) is 9.97 Å². The summed E-state index contributed by atoms with van der Waals surface area (Å²) in [6.07, 6.45) is -2.07. The van der Waals surface area contributed by atoms with Crippen LogP contribution >= 0.6 is 23.4 Å². The van der Waals surface area contributed by atoms with E-state index in [4.69, 9.17) is 17.3 Å². The highest BCUT2D eigenvalue weighted by molar-refractivity contribution is 7.99. The lowest BCUT2D eigenvalue weighted by Crippen LogP contribution is -2.05. The van der Waals surface area contributed by atoms with Gasteiger partial charge >= 0.3 is 6.18 Å². The first kappa shape index (κ1) is 15.1. The van der Waals surface area contributed by atoms with E-state index in [9.17, 15) is 13.2 Å². The first-order chi connectivity index (χ1) is 9.41. The zero-order valence-electron chi connectivity index (χ0n) is 9.99. The Morgan fingerprint density at radius 2 is 1.95 bits per heavy atom. The highest BCUT2D eigenvalue weighted by atomic mass is 35.5. The van der Waals surface area contributed by atoms with Crippen molar-refractivity contribution in [3.8, 4) is 0 Å². The van der Waals surface area contributed by atoms with Gasteiger partial charge < -0.3 is 5.73 Å². The molecule has 2 aromatic heterocycles. The molecule has 8 heteroatoms. The van der Waals surface area contributed by atoms with Crippen molar-refractivity contribution in [3.05, 3.63) is 46.7 Å². The molecule has 106 valence electrons. The molecule has 0 bridgehead atoms. The molecule has 2 aromatic rings. The second kappa shape index (κ2) is 5.99.